The topological polar surface area (TPSA) is 77.5 Å². The minimum absolute atomic E-state index is 0.00332. The highest BCUT2D eigenvalue weighted by Gasteiger charge is 2.25. The third-order valence-corrected chi connectivity index (χ3v) is 6.79. The summed E-state index contributed by atoms with van der Waals surface area (Å²) in [6.07, 6.45) is 6.39. The molecule has 1 amide bonds. The van der Waals surface area contributed by atoms with Crippen LogP contribution in [0.3, 0.4) is 0 Å². The van der Waals surface area contributed by atoms with Crippen LogP contribution in [0.5, 0.6) is 0 Å². The van der Waals surface area contributed by atoms with Crippen molar-refractivity contribution in [3.63, 3.8) is 0 Å². The lowest BCUT2D eigenvalue weighted by atomic mass is 9.86. The number of anilines is 1. The Morgan fingerprint density at radius 2 is 1.86 bits per heavy atom. The van der Waals surface area contributed by atoms with E-state index in [0.29, 0.717) is 16.6 Å². The van der Waals surface area contributed by atoms with Gasteiger partial charge in [0.1, 0.15) is 0 Å². The fraction of sp³-hybridized carbons (Fsp3) is 0.714. The van der Waals surface area contributed by atoms with E-state index in [-0.39, 0.29) is 11.9 Å². The summed E-state index contributed by atoms with van der Waals surface area (Å²) in [6.45, 7) is 4.46. The molecule has 7 heteroatoms. The highest BCUT2D eigenvalue weighted by molar-refractivity contribution is 7.18. The van der Waals surface area contributed by atoms with Gasteiger partial charge in [0.2, 0.25) is 0 Å². The Morgan fingerprint density at radius 3 is 2.46 bits per heavy atom. The number of rotatable bonds is 7. The SMILES string of the molecule is CC(=N)c1cc(C(=O)NC2CCC(CN(C)C)CC2)sc1NC1CCOCC1. The second-order valence-electron chi connectivity index (χ2n) is 8.46. The molecule has 2 heterocycles. The zero-order chi connectivity index (χ0) is 20.1. The van der Waals surface area contributed by atoms with Crippen molar-refractivity contribution in [1.82, 2.24) is 10.2 Å². The highest BCUT2D eigenvalue weighted by Crippen LogP contribution is 2.31. The smallest absolute Gasteiger partial charge is 0.261 e. The first-order chi connectivity index (χ1) is 13.4. The molecule has 1 saturated carbocycles. The minimum atomic E-state index is 0.00332. The van der Waals surface area contributed by atoms with Crippen LogP contribution in [0.2, 0.25) is 0 Å². The van der Waals surface area contributed by atoms with E-state index >= 15 is 0 Å². The molecule has 0 radical (unpaired) electrons. The van der Waals surface area contributed by atoms with E-state index in [1.165, 1.54) is 24.2 Å². The summed E-state index contributed by atoms with van der Waals surface area (Å²) in [7, 11) is 4.25. The fourth-order valence-corrected chi connectivity index (χ4v) is 5.27. The Labute approximate surface area is 172 Å². The molecule has 2 fully saturated rings. The molecule has 3 N–H and O–H groups in total. The monoisotopic (exact) mass is 406 g/mol. The number of carbonyl (C=O) groups excluding carboxylic acids is 1. The molecule has 3 rings (SSSR count). The van der Waals surface area contributed by atoms with Gasteiger partial charge in [0, 0.05) is 43.1 Å². The quantitative estimate of drug-likeness (QED) is 0.605. The van der Waals surface area contributed by atoms with Crippen molar-refractivity contribution in [3.8, 4) is 0 Å². The van der Waals surface area contributed by atoms with E-state index < -0.39 is 0 Å². The molecule has 1 aliphatic heterocycles. The van der Waals surface area contributed by atoms with Crippen molar-refractivity contribution >= 4 is 28.0 Å². The maximum Gasteiger partial charge on any atom is 0.261 e. The summed E-state index contributed by atoms with van der Waals surface area (Å²) in [4.78, 5) is 15.8. The average molecular weight is 407 g/mol. The molecule has 1 aliphatic carbocycles. The van der Waals surface area contributed by atoms with Gasteiger partial charge in [-0.2, -0.15) is 0 Å². The molecule has 1 aromatic heterocycles. The predicted octanol–water partition coefficient (Wildman–Crippen LogP) is 3.58. The average Bonchev–Trinajstić information content (AvgIpc) is 3.08. The van der Waals surface area contributed by atoms with Crippen molar-refractivity contribution in [2.75, 3.05) is 39.2 Å². The van der Waals surface area contributed by atoms with Crippen LogP contribution in [0.4, 0.5) is 5.00 Å². The molecule has 2 aliphatic rings. The Kier molecular flexibility index (Phi) is 7.48. The molecule has 0 spiro atoms. The van der Waals surface area contributed by atoms with Crippen molar-refractivity contribution in [2.45, 2.75) is 57.5 Å². The van der Waals surface area contributed by atoms with Crippen LogP contribution < -0.4 is 10.6 Å². The Bertz CT molecular complexity index is 674. The van der Waals surface area contributed by atoms with Gasteiger partial charge in [0.25, 0.3) is 5.91 Å². The summed E-state index contributed by atoms with van der Waals surface area (Å²) < 4.78 is 5.43. The first-order valence-electron chi connectivity index (χ1n) is 10.4. The number of carbonyl (C=O) groups is 1. The molecule has 1 aromatic rings. The highest BCUT2D eigenvalue weighted by atomic mass is 32.1. The Morgan fingerprint density at radius 1 is 1.18 bits per heavy atom. The molecule has 0 bridgehead atoms. The third-order valence-electron chi connectivity index (χ3n) is 5.72. The molecule has 0 atom stereocenters. The normalized spacial score (nSPS) is 23.6. The standard InChI is InChI=1S/C21H34N4O2S/c1-14(22)18-12-19(28-21(18)24-17-8-10-27-11-9-17)20(26)23-16-6-4-15(5-7-16)13-25(2)3/h12,15-17,22,24H,4-11,13H2,1-3H3,(H,23,26). The number of ether oxygens (including phenoxy) is 1. The molecule has 0 unspecified atom stereocenters. The molecule has 0 aromatic carbocycles. The second kappa shape index (κ2) is 9.85. The summed E-state index contributed by atoms with van der Waals surface area (Å²) in [5.74, 6) is 0.746. The molecule has 28 heavy (non-hydrogen) atoms. The number of hydrogen-bond donors (Lipinski definition) is 3. The van der Waals surface area contributed by atoms with Crippen molar-refractivity contribution < 1.29 is 9.53 Å². The van der Waals surface area contributed by atoms with Crippen LogP contribution in [-0.2, 0) is 4.74 Å². The maximum absolute atomic E-state index is 12.8. The van der Waals surface area contributed by atoms with Gasteiger partial charge < -0.3 is 25.7 Å². The summed E-state index contributed by atoms with van der Waals surface area (Å²) in [5, 5.41) is 15.8. The maximum atomic E-state index is 12.8. The molecular weight excluding hydrogens is 372 g/mol. The van der Waals surface area contributed by atoms with Crippen LogP contribution in [-0.4, -0.2) is 62.5 Å². The van der Waals surface area contributed by atoms with Crippen molar-refractivity contribution in [3.05, 3.63) is 16.5 Å². The minimum Gasteiger partial charge on any atom is -0.381 e. The summed E-state index contributed by atoms with van der Waals surface area (Å²) in [6, 6.07) is 2.50. The summed E-state index contributed by atoms with van der Waals surface area (Å²) in [5.41, 5.74) is 1.34. The van der Waals surface area contributed by atoms with E-state index in [4.69, 9.17) is 10.1 Å². The van der Waals surface area contributed by atoms with E-state index in [1.807, 2.05) is 6.07 Å². The van der Waals surface area contributed by atoms with Crippen LogP contribution in [0.25, 0.3) is 0 Å². The zero-order valence-electron chi connectivity index (χ0n) is 17.3. The lowest BCUT2D eigenvalue weighted by Crippen LogP contribution is -2.38. The predicted molar refractivity (Wildman–Crippen MR) is 116 cm³/mol. The van der Waals surface area contributed by atoms with Gasteiger partial charge in [0.15, 0.2) is 0 Å². The second-order valence-corrected chi connectivity index (χ2v) is 9.51. The lowest BCUT2D eigenvalue weighted by molar-refractivity contribution is 0.0904. The van der Waals surface area contributed by atoms with E-state index in [1.54, 1.807) is 6.92 Å². The zero-order valence-corrected chi connectivity index (χ0v) is 18.2. The van der Waals surface area contributed by atoms with Crippen LogP contribution in [0.1, 0.15) is 60.7 Å². The van der Waals surface area contributed by atoms with Crippen LogP contribution >= 0.6 is 11.3 Å². The van der Waals surface area contributed by atoms with E-state index in [2.05, 4.69) is 29.6 Å². The van der Waals surface area contributed by atoms with Crippen LogP contribution in [0, 0.1) is 11.3 Å². The largest absolute Gasteiger partial charge is 0.381 e. The van der Waals surface area contributed by atoms with Gasteiger partial charge in [-0.1, -0.05) is 0 Å². The van der Waals surface area contributed by atoms with Gasteiger partial charge in [-0.15, -0.1) is 11.3 Å². The van der Waals surface area contributed by atoms with Gasteiger partial charge in [0.05, 0.1) is 9.88 Å². The first kappa shape index (κ1) is 21.3. The van der Waals surface area contributed by atoms with E-state index in [0.717, 1.165) is 61.9 Å². The number of nitrogens with one attached hydrogen (secondary N) is 3. The Hall–Kier alpha value is -1.44. The fourth-order valence-electron chi connectivity index (χ4n) is 4.18. The third kappa shape index (κ3) is 5.78. The molecular formula is C21H34N4O2S. The lowest BCUT2D eigenvalue weighted by Gasteiger charge is -2.30. The summed E-state index contributed by atoms with van der Waals surface area (Å²) >= 11 is 1.48. The van der Waals surface area contributed by atoms with Crippen molar-refractivity contribution in [1.29, 1.82) is 5.41 Å². The number of amides is 1. The number of thiophene rings is 1. The van der Waals surface area contributed by atoms with Gasteiger partial charge in [-0.3, -0.25) is 4.79 Å². The molecule has 1 saturated heterocycles. The van der Waals surface area contributed by atoms with Gasteiger partial charge >= 0.3 is 0 Å². The first-order valence-corrected chi connectivity index (χ1v) is 11.2. The number of hydrogen-bond acceptors (Lipinski definition) is 6. The van der Waals surface area contributed by atoms with Crippen molar-refractivity contribution in [2.24, 2.45) is 5.92 Å². The molecule has 6 nitrogen and oxygen atoms in total. The Balaban J connectivity index is 1.59. The van der Waals surface area contributed by atoms with Gasteiger partial charge in [-0.05, 0) is 71.5 Å². The molecule has 156 valence electrons. The number of nitrogens with zero attached hydrogens (tertiary/aromatic N) is 1. The van der Waals surface area contributed by atoms with E-state index in [9.17, 15) is 4.79 Å². The van der Waals surface area contributed by atoms with Crippen LogP contribution in [0.15, 0.2) is 6.07 Å². The van der Waals surface area contributed by atoms with Gasteiger partial charge in [-0.25, -0.2) is 0 Å².